The Morgan fingerprint density at radius 2 is 1.04 bits per heavy atom. The average molecular weight is 407 g/mol. The van der Waals surface area contributed by atoms with Crippen molar-refractivity contribution in [2.24, 2.45) is 0 Å². The predicted molar refractivity (Wildman–Crippen MR) is 114 cm³/mol. The molecule has 0 rings (SSSR count). The minimum Gasteiger partial charge on any atom is -0.462 e. The van der Waals surface area contributed by atoms with Crippen LogP contribution < -0.4 is 0 Å². The van der Waals surface area contributed by atoms with E-state index in [9.17, 15) is 9.59 Å². The fraction of sp³-hybridized carbons (Fsp3) is 0.900. The summed E-state index contributed by atoms with van der Waals surface area (Å²) >= 11 is 0. The Balaban J connectivity index is 3.96. The summed E-state index contributed by atoms with van der Waals surface area (Å²) in [7, 11) is 2.75. The Bertz CT molecular complexity index is 330. The van der Waals surface area contributed by atoms with Crippen molar-refractivity contribution >= 4 is 33.5 Å². The van der Waals surface area contributed by atoms with Gasteiger partial charge in [-0.3, -0.25) is 9.59 Å². The first-order chi connectivity index (χ1) is 12.6. The van der Waals surface area contributed by atoms with Gasteiger partial charge in [0.05, 0.1) is 0 Å². The summed E-state index contributed by atoms with van der Waals surface area (Å²) in [5, 5.41) is 0. The molecule has 0 saturated heterocycles. The second-order valence-electron chi connectivity index (χ2n) is 6.61. The molecule has 0 saturated carbocycles. The zero-order valence-corrected chi connectivity index (χ0v) is 18.7. The number of ether oxygens (including phenoxy) is 2. The summed E-state index contributed by atoms with van der Waals surface area (Å²) < 4.78 is 11.1. The fourth-order valence-corrected chi connectivity index (χ4v) is 4.22. The number of carbonyl (C=O) groups excluding carboxylic acids is 2. The van der Waals surface area contributed by atoms with E-state index in [0.717, 1.165) is 64.2 Å². The van der Waals surface area contributed by atoms with Crippen LogP contribution in [-0.4, -0.2) is 35.7 Å². The van der Waals surface area contributed by atoms with Crippen molar-refractivity contribution in [2.45, 2.75) is 104 Å². The van der Waals surface area contributed by atoms with Crippen LogP contribution in [0.4, 0.5) is 0 Å². The van der Waals surface area contributed by atoms with Gasteiger partial charge in [-0.25, -0.2) is 0 Å². The number of rotatable bonds is 17. The molecule has 0 aromatic heterocycles. The molecule has 0 aliphatic rings. The van der Waals surface area contributed by atoms with E-state index in [1.54, 1.807) is 0 Å². The highest BCUT2D eigenvalue weighted by molar-refractivity contribution is 8.77. The van der Waals surface area contributed by atoms with Crippen molar-refractivity contribution in [3.8, 4) is 0 Å². The maximum atomic E-state index is 11.9. The normalized spacial score (nSPS) is 13.2. The fourth-order valence-electron chi connectivity index (χ4n) is 2.65. The quantitative estimate of drug-likeness (QED) is 0.163. The molecule has 0 amide bonds. The number of hydrogen-bond donors (Lipinski definition) is 0. The van der Waals surface area contributed by atoms with E-state index < -0.39 is 0 Å². The molecule has 0 heterocycles. The highest BCUT2D eigenvalue weighted by atomic mass is 33.1. The molecule has 0 radical (unpaired) electrons. The van der Waals surface area contributed by atoms with Crippen molar-refractivity contribution in [1.29, 1.82) is 0 Å². The van der Waals surface area contributed by atoms with Crippen LogP contribution in [0.2, 0.25) is 0 Å². The first-order valence-corrected chi connectivity index (χ1v) is 12.7. The Kier molecular flexibility index (Phi) is 17.8. The summed E-state index contributed by atoms with van der Waals surface area (Å²) in [6.45, 7) is 8.50. The first-order valence-electron chi connectivity index (χ1n) is 10.2. The lowest BCUT2D eigenvalue weighted by molar-refractivity contribution is -0.147. The molecule has 6 heteroatoms. The number of unbranched alkanes of at least 4 members (excludes halogenated alkanes) is 2. The minimum atomic E-state index is -0.183. The zero-order valence-electron chi connectivity index (χ0n) is 17.1. The third-order valence-electron chi connectivity index (χ3n) is 4.01. The zero-order chi connectivity index (χ0) is 19.6. The molecule has 0 spiro atoms. The van der Waals surface area contributed by atoms with Gasteiger partial charge >= 0.3 is 11.9 Å². The Morgan fingerprint density at radius 3 is 1.35 bits per heavy atom. The Labute approximate surface area is 168 Å². The summed E-state index contributed by atoms with van der Waals surface area (Å²) in [5.74, 6) is 0.186. The van der Waals surface area contributed by atoms with E-state index in [2.05, 4.69) is 27.7 Å². The molecule has 0 aromatic carbocycles. The van der Waals surface area contributed by atoms with Crippen LogP contribution in [0.5, 0.6) is 0 Å². The van der Waals surface area contributed by atoms with Gasteiger partial charge in [0.25, 0.3) is 0 Å². The van der Waals surface area contributed by atoms with Gasteiger partial charge in [0, 0.05) is 0 Å². The lowest BCUT2D eigenvalue weighted by Gasteiger charge is -2.17. The van der Waals surface area contributed by atoms with Crippen molar-refractivity contribution in [3.05, 3.63) is 0 Å². The van der Waals surface area contributed by atoms with Crippen molar-refractivity contribution in [1.82, 2.24) is 0 Å². The molecular formula is C20H38O4S2. The van der Waals surface area contributed by atoms with Crippen LogP contribution in [-0.2, 0) is 19.1 Å². The smallest absolute Gasteiger partial charge is 0.317 e. The summed E-state index contributed by atoms with van der Waals surface area (Å²) in [4.78, 5) is 23.9. The van der Waals surface area contributed by atoms with E-state index in [-0.39, 0.29) is 35.7 Å². The number of hydrogen-bond acceptors (Lipinski definition) is 6. The van der Waals surface area contributed by atoms with E-state index >= 15 is 0 Å². The van der Waals surface area contributed by atoms with E-state index in [4.69, 9.17) is 9.47 Å². The lowest BCUT2D eigenvalue weighted by atomic mass is 10.1. The maximum absolute atomic E-state index is 11.9. The molecule has 4 nitrogen and oxygen atoms in total. The second-order valence-corrected chi connectivity index (χ2v) is 9.07. The molecule has 0 aliphatic heterocycles. The van der Waals surface area contributed by atoms with Crippen LogP contribution in [0.1, 0.15) is 91.9 Å². The van der Waals surface area contributed by atoms with Gasteiger partial charge in [-0.1, -0.05) is 87.8 Å². The monoisotopic (exact) mass is 406 g/mol. The molecule has 0 aliphatic carbocycles. The average Bonchev–Trinajstić information content (AvgIpc) is 2.61. The second kappa shape index (κ2) is 18.0. The predicted octanol–water partition coefficient (Wildman–Crippen LogP) is 6.17. The molecule has 0 bridgehead atoms. The SMILES string of the molecule is CCCCC(CCC)OC(=O)CSSCC(=O)OC(CCC)CCCC. The molecule has 0 aromatic rings. The molecule has 154 valence electrons. The first kappa shape index (κ1) is 25.6. The summed E-state index contributed by atoms with van der Waals surface area (Å²) in [6.07, 6.45) is 10.2. The highest BCUT2D eigenvalue weighted by Crippen LogP contribution is 2.23. The third kappa shape index (κ3) is 14.8. The molecule has 0 N–H and O–H groups in total. The van der Waals surface area contributed by atoms with Gasteiger partial charge in [-0.05, 0) is 25.7 Å². The van der Waals surface area contributed by atoms with Gasteiger partial charge in [0.15, 0.2) is 0 Å². The van der Waals surface area contributed by atoms with Gasteiger partial charge in [0.1, 0.15) is 23.7 Å². The molecule has 2 atom stereocenters. The van der Waals surface area contributed by atoms with Crippen LogP contribution in [0.3, 0.4) is 0 Å². The standard InChI is InChI=1S/C20H38O4S2/c1-5-9-13-17(11-7-3)23-19(21)15-25-26-16-20(22)24-18(12-8-4)14-10-6-2/h17-18H,5-16H2,1-4H3. The van der Waals surface area contributed by atoms with Crippen molar-refractivity contribution < 1.29 is 19.1 Å². The Hall–Kier alpha value is -0.360. The number of esters is 2. The molecule has 26 heavy (non-hydrogen) atoms. The van der Waals surface area contributed by atoms with Gasteiger partial charge in [0.2, 0.25) is 0 Å². The van der Waals surface area contributed by atoms with Crippen LogP contribution >= 0.6 is 21.6 Å². The van der Waals surface area contributed by atoms with Crippen LogP contribution in [0.15, 0.2) is 0 Å². The van der Waals surface area contributed by atoms with Gasteiger partial charge < -0.3 is 9.47 Å². The molecular weight excluding hydrogens is 368 g/mol. The summed E-state index contributed by atoms with van der Waals surface area (Å²) in [5.41, 5.74) is 0. The van der Waals surface area contributed by atoms with Crippen molar-refractivity contribution in [3.63, 3.8) is 0 Å². The van der Waals surface area contributed by atoms with Gasteiger partial charge in [-0.2, -0.15) is 0 Å². The van der Waals surface area contributed by atoms with Crippen molar-refractivity contribution in [2.75, 3.05) is 11.5 Å². The van der Waals surface area contributed by atoms with Crippen LogP contribution in [0.25, 0.3) is 0 Å². The maximum Gasteiger partial charge on any atom is 0.317 e. The third-order valence-corrected chi connectivity index (χ3v) is 6.09. The molecule has 0 fully saturated rings. The highest BCUT2D eigenvalue weighted by Gasteiger charge is 2.16. The largest absolute Gasteiger partial charge is 0.462 e. The summed E-state index contributed by atoms with van der Waals surface area (Å²) in [6, 6.07) is 0. The van der Waals surface area contributed by atoms with Gasteiger partial charge in [-0.15, -0.1) is 0 Å². The van der Waals surface area contributed by atoms with E-state index in [1.807, 2.05) is 0 Å². The Morgan fingerprint density at radius 1 is 0.654 bits per heavy atom. The van der Waals surface area contributed by atoms with Crippen LogP contribution in [0, 0.1) is 0 Å². The van der Waals surface area contributed by atoms with E-state index in [1.165, 1.54) is 21.6 Å². The number of carbonyl (C=O) groups is 2. The van der Waals surface area contributed by atoms with E-state index in [0.29, 0.717) is 0 Å². The minimum absolute atomic E-state index is 0.0383. The molecule has 2 unspecified atom stereocenters. The lowest BCUT2D eigenvalue weighted by Crippen LogP contribution is -2.20. The topological polar surface area (TPSA) is 52.6 Å².